The summed E-state index contributed by atoms with van der Waals surface area (Å²) >= 11 is 2.23. The molecule has 1 saturated carbocycles. The zero-order valence-corrected chi connectivity index (χ0v) is 12.3. The van der Waals surface area contributed by atoms with Gasteiger partial charge in [0, 0.05) is 9.61 Å². The molecule has 0 radical (unpaired) electrons. The maximum atomic E-state index is 12.1. The van der Waals surface area contributed by atoms with E-state index in [0.29, 0.717) is 6.04 Å². The first-order valence-corrected chi connectivity index (χ1v) is 7.32. The van der Waals surface area contributed by atoms with Gasteiger partial charge >= 0.3 is 0 Å². The fourth-order valence-corrected chi connectivity index (χ4v) is 3.23. The lowest BCUT2D eigenvalue weighted by Crippen LogP contribution is -2.36. The molecule has 0 bridgehead atoms. The molecule has 0 aromatic heterocycles. The van der Waals surface area contributed by atoms with Gasteiger partial charge in [0.05, 0.1) is 5.56 Å². The number of rotatable bonds is 2. The third-order valence-corrected chi connectivity index (χ3v) is 4.20. The van der Waals surface area contributed by atoms with E-state index in [0.717, 1.165) is 22.0 Å². The van der Waals surface area contributed by atoms with Crippen molar-refractivity contribution in [3.05, 3.63) is 32.9 Å². The molecule has 1 amide bonds. The second-order valence-corrected chi connectivity index (χ2v) is 5.95. The van der Waals surface area contributed by atoms with Gasteiger partial charge in [-0.25, -0.2) is 0 Å². The lowest BCUT2D eigenvalue weighted by molar-refractivity contribution is 0.0927. The van der Waals surface area contributed by atoms with E-state index < -0.39 is 0 Å². The molecular weight excluding hydrogens is 325 g/mol. The molecule has 17 heavy (non-hydrogen) atoms. The second-order valence-electron chi connectivity index (χ2n) is 4.79. The molecule has 92 valence electrons. The standard InChI is InChI=1S/C14H18INO/c1-10-7-8-12(13(15)9-10)14(17)16-11-5-3-2-4-6-11/h7-9,11H,2-6H2,1H3,(H,16,17). The van der Waals surface area contributed by atoms with Crippen LogP contribution in [0.3, 0.4) is 0 Å². The molecule has 0 atom stereocenters. The molecule has 1 aromatic carbocycles. The first-order valence-electron chi connectivity index (χ1n) is 6.24. The van der Waals surface area contributed by atoms with Crippen LogP contribution in [0.15, 0.2) is 18.2 Å². The van der Waals surface area contributed by atoms with Gasteiger partial charge < -0.3 is 5.32 Å². The summed E-state index contributed by atoms with van der Waals surface area (Å²) in [6.45, 7) is 2.05. The molecule has 1 aliphatic carbocycles. The maximum absolute atomic E-state index is 12.1. The molecule has 3 heteroatoms. The van der Waals surface area contributed by atoms with Gasteiger partial charge in [-0.15, -0.1) is 0 Å². The Morgan fingerprint density at radius 1 is 1.29 bits per heavy atom. The lowest BCUT2D eigenvalue weighted by Gasteiger charge is -2.23. The molecule has 1 N–H and O–H groups in total. The molecule has 2 nitrogen and oxygen atoms in total. The second kappa shape index (κ2) is 5.85. The smallest absolute Gasteiger partial charge is 0.252 e. The topological polar surface area (TPSA) is 29.1 Å². The Morgan fingerprint density at radius 3 is 2.65 bits per heavy atom. The van der Waals surface area contributed by atoms with Crippen LogP contribution in [0.2, 0.25) is 0 Å². The highest BCUT2D eigenvalue weighted by molar-refractivity contribution is 14.1. The third-order valence-electron chi connectivity index (χ3n) is 3.31. The third kappa shape index (κ3) is 3.44. The van der Waals surface area contributed by atoms with Crippen molar-refractivity contribution in [1.29, 1.82) is 0 Å². The van der Waals surface area contributed by atoms with Crippen LogP contribution in [0.5, 0.6) is 0 Å². The normalized spacial score (nSPS) is 16.8. The quantitative estimate of drug-likeness (QED) is 0.816. The van der Waals surface area contributed by atoms with Gasteiger partial charge in [0.25, 0.3) is 5.91 Å². The maximum Gasteiger partial charge on any atom is 0.252 e. The van der Waals surface area contributed by atoms with E-state index in [1.807, 2.05) is 19.1 Å². The van der Waals surface area contributed by atoms with E-state index in [-0.39, 0.29) is 5.91 Å². The van der Waals surface area contributed by atoms with Crippen LogP contribution < -0.4 is 5.32 Å². The number of aryl methyl sites for hydroxylation is 1. The summed E-state index contributed by atoms with van der Waals surface area (Å²) in [5, 5.41) is 3.15. The average Bonchev–Trinajstić information content (AvgIpc) is 2.30. The van der Waals surface area contributed by atoms with Crippen molar-refractivity contribution in [3.8, 4) is 0 Å². The highest BCUT2D eigenvalue weighted by Gasteiger charge is 2.17. The molecule has 0 unspecified atom stereocenters. The zero-order valence-electron chi connectivity index (χ0n) is 10.1. The molecule has 1 aromatic rings. The number of carbonyl (C=O) groups is 1. The fraction of sp³-hybridized carbons (Fsp3) is 0.500. The molecule has 1 aliphatic rings. The molecule has 0 spiro atoms. The zero-order chi connectivity index (χ0) is 12.3. The van der Waals surface area contributed by atoms with Gasteiger partial charge in [0.15, 0.2) is 0 Å². The molecule has 0 saturated heterocycles. The molecular formula is C14H18INO. The minimum Gasteiger partial charge on any atom is -0.349 e. The van der Waals surface area contributed by atoms with Crippen molar-refractivity contribution in [2.24, 2.45) is 0 Å². The summed E-state index contributed by atoms with van der Waals surface area (Å²) in [7, 11) is 0. The van der Waals surface area contributed by atoms with Gasteiger partial charge in [-0.1, -0.05) is 30.9 Å². The van der Waals surface area contributed by atoms with Crippen LogP contribution in [0.25, 0.3) is 0 Å². The van der Waals surface area contributed by atoms with E-state index in [4.69, 9.17) is 0 Å². The fourth-order valence-electron chi connectivity index (χ4n) is 2.31. The number of carbonyl (C=O) groups excluding carboxylic acids is 1. The number of hydrogen-bond acceptors (Lipinski definition) is 1. The summed E-state index contributed by atoms with van der Waals surface area (Å²) in [5.74, 6) is 0.0845. The Balaban J connectivity index is 2.03. The Bertz CT molecular complexity index is 411. The Morgan fingerprint density at radius 2 is 2.00 bits per heavy atom. The number of benzene rings is 1. The summed E-state index contributed by atoms with van der Waals surface area (Å²) < 4.78 is 1.04. The van der Waals surface area contributed by atoms with Gasteiger partial charge in [0.1, 0.15) is 0 Å². The van der Waals surface area contributed by atoms with Crippen LogP contribution in [0, 0.1) is 10.5 Å². The van der Waals surface area contributed by atoms with Gasteiger partial charge in [-0.05, 0) is 54.5 Å². The number of hydrogen-bond donors (Lipinski definition) is 1. The molecule has 0 aliphatic heterocycles. The van der Waals surface area contributed by atoms with Crippen molar-refractivity contribution in [2.75, 3.05) is 0 Å². The highest BCUT2D eigenvalue weighted by atomic mass is 127. The summed E-state index contributed by atoms with van der Waals surface area (Å²) in [6, 6.07) is 6.36. The number of amides is 1. The van der Waals surface area contributed by atoms with E-state index in [1.165, 1.54) is 24.8 Å². The highest BCUT2D eigenvalue weighted by Crippen LogP contribution is 2.19. The minimum absolute atomic E-state index is 0.0845. The van der Waals surface area contributed by atoms with E-state index in [1.54, 1.807) is 0 Å². The Hall–Kier alpha value is -0.580. The predicted molar refractivity (Wildman–Crippen MR) is 78.2 cm³/mol. The van der Waals surface area contributed by atoms with Crippen LogP contribution in [-0.2, 0) is 0 Å². The van der Waals surface area contributed by atoms with E-state index in [9.17, 15) is 4.79 Å². The number of nitrogens with one attached hydrogen (secondary N) is 1. The van der Waals surface area contributed by atoms with Crippen LogP contribution in [-0.4, -0.2) is 11.9 Å². The largest absolute Gasteiger partial charge is 0.349 e. The average molecular weight is 343 g/mol. The number of halogens is 1. The van der Waals surface area contributed by atoms with Crippen molar-refractivity contribution in [3.63, 3.8) is 0 Å². The molecule has 2 rings (SSSR count). The predicted octanol–water partition coefficient (Wildman–Crippen LogP) is 3.66. The monoisotopic (exact) mass is 343 g/mol. The lowest BCUT2D eigenvalue weighted by atomic mass is 9.95. The SMILES string of the molecule is Cc1ccc(C(=O)NC2CCCCC2)c(I)c1. The summed E-state index contributed by atoms with van der Waals surface area (Å²) in [5.41, 5.74) is 2.00. The van der Waals surface area contributed by atoms with Crippen molar-refractivity contribution < 1.29 is 4.79 Å². The van der Waals surface area contributed by atoms with Crippen molar-refractivity contribution >= 4 is 28.5 Å². The van der Waals surface area contributed by atoms with Gasteiger partial charge in [0.2, 0.25) is 0 Å². The minimum atomic E-state index is 0.0845. The van der Waals surface area contributed by atoms with Crippen LogP contribution in [0.1, 0.15) is 48.0 Å². The molecule has 1 fully saturated rings. The van der Waals surface area contributed by atoms with Crippen LogP contribution in [0.4, 0.5) is 0 Å². The first-order chi connectivity index (χ1) is 8.16. The Labute approximate surface area is 116 Å². The first kappa shape index (κ1) is 12.9. The van der Waals surface area contributed by atoms with E-state index >= 15 is 0 Å². The van der Waals surface area contributed by atoms with Crippen LogP contribution >= 0.6 is 22.6 Å². The Kier molecular flexibility index (Phi) is 4.42. The van der Waals surface area contributed by atoms with Gasteiger partial charge in [-0.3, -0.25) is 4.79 Å². The summed E-state index contributed by atoms with van der Waals surface area (Å²) in [4.78, 5) is 12.1. The van der Waals surface area contributed by atoms with Crippen molar-refractivity contribution in [2.45, 2.75) is 45.1 Å². The van der Waals surface area contributed by atoms with Gasteiger partial charge in [-0.2, -0.15) is 0 Å². The van der Waals surface area contributed by atoms with E-state index in [2.05, 4.69) is 34.0 Å². The summed E-state index contributed by atoms with van der Waals surface area (Å²) in [6.07, 6.45) is 6.07. The van der Waals surface area contributed by atoms with Crippen molar-refractivity contribution in [1.82, 2.24) is 5.32 Å². The molecule has 0 heterocycles.